The van der Waals surface area contributed by atoms with Crippen molar-refractivity contribution in [3.8, 4) is 0 Å². The van der Waals surface area contributed by atoms with Crippen molar-refractivity contribution in [1.29, 1.82) is 0 Å². The van der Waals surface area contributed by atoms with Crippen LogP contribution < -0.4 is 9.13 Å². The van der Waals surface area contributed by atoms with E-state index < -0.39 is 0 Å². The van der Waals surface area contributed by atoms with E-state index in [1.807, 2.05) is 0 Å². The molecule has 0 spiro atoms. The van der Waals surface area contributed by atoms with Crippen molar-refractivity contribution in [2.75, 3.05) is 0 Å². The summed E-state index contributed by atoms with van der Waals surface area (Å²) in [6.45, 7) is 1.76. The Morgan fingerprint density at radius 2 is 0.958 bits per heavy atom. The van der Waals surface area contributed by atoms with Gasteiger partial charge in [-0.05, 0) is 36.4 Å². The van der Waals surface area contributed by atoms with E-state index in [2.05, 4.69) is 106 Å². The van der Waals surface area contributed by atoms with E-state index in [0.29, 0.717) is 0 Å². The molecule has 0 aliphatic heterocycles. The normalized spacial score (nSPS) is 11.5. The number of benzene rings is 2. The molecule has 0 fully saturated rings. The molecular formula is C22H20N2+2. The van der Waals surface area contributed by atoms with Crippen molar-refractivity contribution in [1.82, 2.24) is 0 Å². The highest BCUT2D eigenvalue weighted by molar-refractivity contribution is 5.75. The summed E-state index contributed by atoms with van der Waals surface area (Å²) in [6, 6.07) is 25.5. The molecule has 2 heteroatoms. The Morgan fingerprint density at radius 1 is 0.542 bits per heavy atom. The zero-order chi connectivity index (χ0) is 16.2. The molecule has 0 amide bonds. The molecule has 116 valence electrons. The Morgan fingerprint density at radius 3 is 1.46 bits per heavy atom. The fourth-order valence-corrected chi connectivity index (χ4v) is 3.14. The van der Waals surface area contributed by atoms with Crippen LogP contribution in [-0.4, -0.2) is 0 Å². The minimum atomic E-state index is 0.882. The average Bonchev–Trinajstić information content (AvgIpc) is 2.65. The van der Waals surface area contributed by atoms with Gasteiger partial charge >= 0.3 is 0 Å². The molecule has 2 nitrogen and oxygen atoms in total. The largest absolute Gasteiger partial charge is 0.212 e. The van der Waals surface area contributed by atoms with Crippen LogP contribution in [0.25, 0.3) is 21.8 Å². The van der Waals surface area contributed by atoms with Crippen molar-refractivity contribution in [2.24, 2.45) is 0 Å². The molecule has 4 rings (SSSR count). The fourth-order valence-electron chi connectivity index (χ4n) is 3.14. The van der Waals surface area contributed by atoms with Gasteiger partial charge in [0.15, 0.2) is 25.5 Å². The van der Waals surface area contributed by atoms with E-state index in [0.717, 1.165) is 13.1 Å². The number of para-hydroxylation sites is 2. The molecule has 0 aliphatic rings. The first kappa shape index (κ1) is 14.6. The fraction of sp³-hybridized carbons (Fsp3) is 0.0909. The number of rotatable bonds is 4. The minimum absolute atomic E-state index is 0.882. The first-order valence-electron chi connectivity index (χ1n) is 8.31. The van der Waals surface area contributed by atoms with E-state index in [1.165, 1.54) is 21.8 Å². The molecule has 0 N–H and O–H groups in total. The second-order valence-electron chi connectivity index (χ2n) is 5.91. The number of nitrogens with zero attached hydrogens (tertiary/aromatic N) is 2. The summed E-state index contributed by atoms with van der Waals surface area (Å²) in [5.41, 5.74) is 2.53. The summed E-state index contributed by atoms with van der Waals surface area (Å²) < 4.78 is 4.55. The molecule has 4 aromatic rings. The van der Waals surface area contributed by atoms with Crippen LogP contribution in [0, 0.1) is 0 Å². The first-order chi connectivity index (χ1) is 11.9. The van der Waals surface area contributed by atoms with Crippen LogP contribution >= 0.6 is 0 Å². The van der Waals surface area contributed by atoms with E-state index in [4.69, 9.17) is 0 Å². The number of aromatic nitrogens is 2. The highest BCUT2D eigenvalue weighted by Gasteiger charge is 2.06. The smallest absolute Gasteiger partial charge is 0.195 e. The summed E-state index contributed by atoms with van der Waals surface area (Å²) in [5, 5.41) is 2.55. The monoisotopic (exact) mass is 312 g/mol. The highest BCUT2D eigenvalue weighted by Crippen LogP contribution is 2.08. The van der Waals surface area contributed by atoms with E-state index >= 15 is 0 Å². The van der Waals surface area contributed by atoms with Gasteiger partial charge < -0.3 is 0 Å². The van der Waals surface area contributed by atoms with Crippen molar-refractivity contribution in [3.63, 3.8) is 0 Å². The zero-order valence-corrected chi connectivity index (χ0v) is 13.5. The van der Waals surface area contributed by atoms with Gasteiger partial charge in [0.2, 0.25) is 11.0 Å². The van der Waals surface area contributed by atoms with Crippen LogP contribution in [0.4, 0.5) is 0 Å². The van der Waals surface area contributed by atoms with Crippen molar-refractivity contribution >= 4 is 21.8 Å². The van der Waals surface area contributed by atoms with Crippen molar-refractivity contribution in [3.05, 3.63) is 97.3 Å². The van der Waals surface area contributed by atoms with Gasteiger partial charge in [-0.1, -0.05) is 24.3 Å². The Balaban J connectivity index is 1.53. The maximum Gasteiger partial charge on any atom is 0.212 e. The Labute approximate surface area is 141 Å². The molecule has 0 bridgehead atoms. The third kappa shape index (κ3) is 2.91. The molecule has 0 radical (unpaired) electrons. The van der Waals surface area contributed by atoms with Gasteiger partial charge in [-0.25, -0.2) is 0 Å². The molecule has 2 aromatic carbocycles. The van der Waals surface area contributed by atoms with Crippen LogP contribution in [0.15, 0.2) is 97.3 Å². The van der Waals surface area contributed by atoms with Crippen LogP contribution in [-0.2, 0) is 13.1 Å². The summed E-state index contributed by atoms with van der Waals surface area (Å²) in [7, 11) is 0. The standard InChI is InChI=1S/C22H20N2/c1-3-13-21-19(9-1)11-7-17-23(21)15-5-6-16-24-18-8-12-20-10-2-4-14-22(20)24/h1-14,17-18H,15-16H2/q+2/b6-5-. The van der Waals surface area contributed by atoms with Crippen LogP contribution in [0.1, 0.15) is 0 Å². The molecule has 0 atom stereocenters. The third-order valence-corrected chi connectivity index (χ3v) is 4.35. The second kappa shape index (κ2) is 6.63. The van der Waals surface area contributed by atoms with Gasteiger partial charge in [-0.3, -0.25) is 0 Å². The Kier molecular flexibility index (Phi) is 4.03. The lowest BCUT2D eigenvalue weighted by Crippen LogP contribution is -2.34. The van der Waals surface area contributed by atoms with E-state index in [1.54, 1.807) is 0 Å². The molecule has 0 saturated carbocycles. The lowest BCUT2D eigenvalue weighted by atomic mass is 10.2. The van der Waals surface area contributed by atoms with Crippen LogP contribution in [0.2, 0.25) is 0 Å². The molecule has 2 heterocycles. The zero-order valence-electron chi connectivity index (χ0n) is 13.5. The van der Waals surface area contributed by atoms with Crippen molar-refractivity contribution < 1.29 is 9.13 Å². The molecular weight excluding hydrogens is 292 g/mol. The van der Waals surface area contributed by atoms with E-state index in [-0.39, 0.29) is 0 Å². The maximum absolute atomic E-state index is 2.28. The number of hydrogen-bond acceptors (Lipinski definition) is 0. The first-order valence-corrected chi connectivity index (χ1v) is 8.31. The predicted molar refractivity (Wildman–Crippen MR) is 97.4 cm³/mol. The summed E-state index contributed by atoms with van der Waals surface area (Å²) in [5.74, 6) is 0. The maximum atomic E-state index is 2.28. The summed E-state index contributed by atoms with van der Waals surface area (Å²) in [6.07, 6.45) is 8.75. The highest BCUT2D eigenvalue weighted by atomic mass is 14.9. The number of pyridine rings is 2. The van der Waals surface area contributed by atoms with Gasteiger partial charge in [0, 0.05) is 35.0 Å². The molecule has 24 heavy (non-hydrogen) atoms. The van der Waals surface area contributed by atoms with E-state index in [9.17, 15) is 0 Å². The lowest BCUT2D eigenvalue weighted by Gasteiger charge is -1.99. The number of fused-ring (bicyclic) bond motifs is 2. The molecule has 2 aromatic heterocycles. The topological polar surface area (TPSA) is 7.76 Å². The van der Waals surface area contributed by atoms with Crippen LogP contribution in [0.3, 0.4) is 0 Å². The Bertz CT molecular complexity index is 924. The van der Waals surface area contributed by atoms with Gasteiger partial charge in [-0.15, -0.1) is 0 Å². The molecule has 0 saturated heterocycles. The lowest BCUT2D eigenvalue weighted by molar-refractivity contribution is -0.665. The van der Waals surface area contributed by atoms with Gasteiger partial charge in [0.05, 0.1) is 0 Å². The average molecular weight is 312 g/mol. The van der Waals surface area contributed by atoms with Crippen molar-refractivity contribution in [2.45, 2.75) is 13.1 Å². The SMILES string of the molecule is C(=C/C[n+]1cccc2ccccc21)/C[n+]1cccc2ccccc21. The van der Waals surface area contributed by atoms with Gasteiger partial charge in [-0.2, -0.15) is 9.13 Å². The third-order valence-electron chi connectivity index (χ3n) is 4.35. The second-order valence-corrected chi connectivity index (χ2v) is 5.91. The summed E-state index contributed by atoms with van der Waals surface area (Å²) >= 11 is 0. The van der Waals surface area contributed by atoms with Crippen LogP contribution in [0.5, 0.6) is 0 Å². The Hall–Kier alpha value is -3.00. The summed E-state index contributed by atoms with van der Waals surface area (Å²) in [4.78, 5) is 0. The number of hydrogen-bond donors (Lipinski definition) is 0. The molecule has 0 unspecified atom stereocenters. The molecule has 0 aliphatic carbocycles. The number of allylic oxidation sites excluding steroid dienone is 2. The van der Waals surface area contributed by atoms with Gasteiger partial charge in [0.25, 0.3) is 0 Å². The quantitative estimate of drug-likeness (QED) is 0.400. The van der Waals surface area contributed by atoms with Gasteiger partial charge in [0.1, 0.15) is 0 Å². The predicted octanol–water partition coefficient (Wildman–Crippen LogP) is 3.82. The minimum Gasteiger partial charge on any atom is -0.195 e.